The van der Waals surface area contributed by atoms with Crippen molar-refractivity contribution in [2.45, 2.75) is 39.7 Å². The van der Waals surface area contributed by atoms with Crippen LogP contribution in [0, 0.1) is 5.92 Å². The minimum absolute atomic E-state index is 0.213. The lowest BCUT2D eigenvalue weighted by atomic mass is 9.96. The molecule has 2 heteroatoms. The van der Waals surface area contributed by atoms with Gasteiger partial charge >= 0.3 is 0 Å². The topological polar surface area (TPSA) is 17.8 Å². The highest BCUT2D eigenvalue weighted by Crippen LogP contribution is 2.30. The van der Waals surface area contributed by atoms with Crippen LogP contribution < -0.4 is 0 Å². The normalized spacial score (nSPS) is 12.6. The fourth-order valence-electron chi connectivity index (χ4n) is 4.75. The van der Waals surface area contributed by atoms with Gasteiger partial charge in [0.05, 0.1) is 11.0 Å². The summed E-state index contributed by atoms with van der Waals surface area (Å²) in [5, 5.41) is 2.59. The van der Waals surface area contributed by atoms with E-state index in [1.807, 2.05) is 0 Å². The second-order valence-corrected chi connectivity index (χ2v) is 9.24. The Labute approximate surface area is 190 Å². The molecule has 1 aromatic heterocycles. The van der Waals surface area contributed by atoms with Gasteiger partial charge in [0.15, 0.2) is 0 Å². The molecule has 0 aliphatic carbocycles. The van der Waals surface area contributed by atoms with Crippen LogP contribution in [-0.2, 0) is 13.0 Å². The molecule has 0 amide bonds. The summed E-state index contributed by atoms with van der Waals surface area (Å²) in [6.45, 7) is 7.63. The predicted octanol–water partition coefficient (Wildman–Crippen LogP) is 7.59. The number of fused-ring (bicyclic) bond motifs is 2. The number of nitrogens with zero attached hydrogens (tertiary/aromatic N) is 2. The molecule has 0 aliphatic heterocycles. The van der Waals surface area contributed by atoms with E-state index in [0.717, 1.165) is 24.3 Å². The molecule has 4 aromatic carbocycles. The van der Waals surface area contributed by atoms with Crippen LogP contribution in [0.15, 0.2) is 91.0 Å². The fraction of sp³-hybridized carbons (Fsp3) is 0.233. The van der Waals surface area contributed by atoms with Crippen LogP contribution in [-0.4, -0.2) is 9.55 Å². The Morgan fingerprint density at radius 2 is 1.47 bits per heavy atom. The molecule has 0 aliphatic rings. The van der Waals surface area contributed by atoms with Gasteiger partial charge in [-0.15, -0.1) is 0 Å². The van der Waals surface area contributed by atoms with Crippen molar-refractivity contribution in [1.82, 2.24) is 9.55 Å². The van der Waals surface area contributed by atoms with Gasteiger partial charge in [0.2, 0.25) is 0 Å². The van der Waals surface area contributed by atoms with Crippen LogP contribution in [0.2, 0.25) is 0 Å². The van der Waals surface area contributed by atoms with Crippen molar-refractivity contribution in [3.63, 3.8) is 0 Å². The average molecular weight is 419 g/mol. The van der Waals surface area contributed by atoms with E-state index in [0.29, 0.717) is 5.92 Å². The second kappa shape index (κ2) is 8.63. The Morgan fingerprint density at radius 3 is 2.28 bits per heavy atom. The maximum Gasteiger partial charge on any atom is 0.117 e. The first-order valence-electron chi connectivity index (χ1n) is 11.6. The van der Waals surface area contributed by atoms with Crippen molar-refractivity contribution in [2.24, 2.45) is 5.92 Å². The standard InChI is InChI=1S/C30H30N2/c1-21(2)19-23-15-17-24(18-16-23)22(3)30-31-28-13-6-7-14-29(28)32(30)20-26-11-8-10-25-9-4-5-12-27(25)26/h4-18,21-22H,19-20H2,1-3H3/t22-/m1/s1. The maximum absolute atomic E-state index is 5.10. The molecule has 0 saturated heterocycles. The second-order valence-electron chi connectivity index (χ2n) is 9.24. The van der Waals surface area contributed by atoms with E-state index < -0.39 is 0 Å². The number of aromatic nitrogens is 2. The third kappa shape index (κ3) is 3.93. The zero-order chi connectivity index (χ0) is 22.1. The largest absolute Gasteiger partial charge is 0.323 e. The third-order valence-electron chi connectivity index (χ3n) is 6.40. The molecule has 0 bridgehead atoms. The van der Waals surface area contributed by atoms with Gasteiger partial charge < -0.3 is 4.57 Å². The first kappa shape index (κ1) is 20.5. The third-order valence-corrected chi connectivity index (χ3v) is 6.40. The van der Waals surface area contributed by atoms with E-state index in [-0.39, 0.29) is 5.92 Å². The first-order chi connectivity index (χ1) is 15.6. The number of para-hydroxylation sites is 2. The Morgan fingerprint density at radius 1 is 0.750 bits per heavy atom. The van der Waals surface area contributed by atoms with Crippen molar-refractivity contribution in [2.75, 3.05) is 0 Å². The van der Waals surface area contributed by atoms with Crippen molar-refractivity contribution in [3.8, 4) is 0 Å². The lowest BCUT2D eigenvalue weighted by Crippen LogP contribution is -2.10. The molecule has 0 N–H and O–H groups in total. The molecule has 32 heavy (non-hydrogen) atoms. The summed E-state index contributed by atoms with van der Waals surface area (Å²) in [4.78, 5) is 5.10. The summed E-state index contributed by atoms with van der Waals surface area (Å²) in [6.07, 6.45) is 1.12. The lowest BCUT2D eigenvalue weighted by molar-refractivity contribution is 0.646. The molecule has 0 radical (unpaired) electrons. The zero-order valence-corrected chi connectivity index (χ0v) is 19.1. The minimum Gasteiger partial charge on any atom is -0.323 e. The summed E-state index contributed by atoms with van der Waals surface area (Å²) in [6, 6.07) is 32.9. The van der Waals surface area contributed by atoms with Gasteiger partial charge in [0, 0.05) is 12.5 Å². The van der Waals surface area contributed by atoms with Gasteiger partial charge in [-0.25, -0.2) is 4.98 Å². The Hall–Kier alpha value is -3.39. The Kier molecular flexibility index (Phi) is 5.53. The van der Waals surface area contributed by atoms with Gasteiger partial charge in [-0.3, -0.25) is 0 Å². The summed E-state index contributed by atoms with van der Waals surface area (Å²) in [5.41, 5.74) is 6.30. The van der Waals surface area contributed by atoms with Gasteiger partial charge in [0.25, 0.3) is 0 Å². The molecule has 2 nitrogen and oxygen atoms in total. The highest BCUT2D eigenvalue weighted by molar-refractivity contribution is 5.86. The molecule has 0 spiro atoms. The molecular formula is C30H30N2. The smallest absolute Gasteiger partial charge is 0.117 e. The molecule has 5 rings (SSSR count). The predicted molar refractivity (Wildman–Crippen MR) is 135 cm³/mol. The van der Waals surface area contributed by atoms with E-state index >= 15 is 0 Å². The summed E-state index contributed by atoms with van der Waals surface area (Å²) < 4.78 is 2.41. The summed E-state index contributed by atoms with van der Waals surface area (Å²) in [5.74, 6) is 2.00. The SMILES string of the molecule is CC(C)Cc1ccc([C@@H](C)c2nc3ccccc3n2Cc2cccc3ccccc23)cc1. The minimum atomic E-state index is 0.213. The molecule has 0 fully saturated rings. The highest BCUT2D eigenvalue weighted by Gasteiger charge is 2.19. The average Bonchev–Trinajstić information content (AvgIpc) is 3.17. The Bertz CT molecular complexity index is 1350. The van der Waals surface area contributed by atoms with E-state index in [9.17, 15) is 0 Å². The highest BCUT2D eigenvalue weighted by atomic mass is 15.1. The van der Waals surface area contributed by atoms with Crippen LogP contribution in [0.4, 0.5) is 0 Å². The van der Waals surface area contributed by atoms with Crippen molar-refractivity contribution in [3.05, 3.63) is 114 Å². The molecular weight excluding hydrogens is 388 g/mol. The van der Waals surface area contributed by atoms with Crippen LogP contribution in [0.1, 0.15) is 49.2 Å². The lowest BCUT2D eigenvalue weighted by Gasteiger charge is -2.17. The number of benzene rings is 4. The maximum atomic E-state index is 5.10. The van der Waals surface area contributed by atoms with Crippen LogP contribution in [0.5, 0.6) is 0 Å². The van der Waals surface area contributed by atoms with E-state index in [4.69, 9.17) is 4.98 Å². The first-order valence-corrected chi connectivity index (χ1v) is 11.6. The number of rotatable bonds is 6. The van der Waals surface area contributed by atoms with Gasteiger partial charge in [0.1, 0.15) is 5.82 Å². The van der Waals surface area contributed by atoms with E-state index in [1.165, 1.54) is 33.0 Å². The Balaban J connectivity index is 1.57. The quantitative estimate of drug-likeness (QED) is 0.278. The molecule has 0 unspecified atom stereocenters. The van der Waals surface area contributed by atoms with Crippen molar-refractivity contribution in [1.29, 1.82) is 0 Å². The molecule has 1 heterocycles. The van der Waals surface area contributed by atoms with Gasteiger partial charge in [-0.1, -0.05) is 99.6 Å². The van der Waals surface area contributed by atoms with E-state index in [2.05, 4.69) is 116 Å². The van der Waals surface area contributed by atoms with Crippen molar-refractivity contribution < 1.29 is 0 Å². The molecule has 1 atom stereocenters. The van der Waals surface area contributed by atoms with Gasteiger partial charge in [-0.05, 0) is 51.9 Å². The zero-order valence-electron chi connectivity index (χ0n) is 19.1. The van der Waals surface area contributed by atoms with Crippen LogP contribution >= 0.6 is 0 Å². The molecule has 0 saturated carbocycles. The number of hydrogen-bond donors (Lipinski definition) is 0. The monoisotopic (exact) mass is 418 g/mol. The van der Waals surface area contributed by atoms with Crippen LogP contribution in [0.3, 0.4) is 0 Å². The fourth-order valence-corrected chi connectivity index (χ4v) is 4.75. The van der Waals surface area contributed by atoms with Crippen LogP contribution in [0.25, 0.3) is 21.8 Å². The summed E-state index contributed by atoms with van der Waals surface area (Å²) in [7, 11) is 0. The molecule has 160 valence electrons. The van der Waals surface area contributed by atoms with Gasteiger partial charge in [-0.2, -0.15) is 0 Å². The molecule has 5 aromatic rings. The number of hydrogen-bond acceptors (Lipinski definition) is 1. The van der Waals surface area contributed by atoms with E-state index in [1.54, 1.807) is 0 Å². The van der Waals surface area contributed by atoms with Crippen molar-refractivity contribution >= 4 is 21.8 Å². The summed E-state index contributed by atoms with van der Waals surface area (Å²) >= 11 is 0. The number of imidazole rings is 1.